The molecule has 1 aliphatic rings. The molecule has 0 radical (unpaired) electrons. The quantitative estimate of drug-likeness (QED) is 0.728. The van der Waals surface area contributed by atoms with Crippen molar-refractivity contribution in [3.63, 3.8) is 0 Å². The molecule has 0 amide bonds. The predicted molar refractivity (Wildman–Crippen MR) is 68.4 cm³/mol. The molecule has 3 rings (SSSR count). The van der Waals surface area contributed by atoms with Crippen LogP contribution in [0.4, 0.5) is 0 Å². The van der Waals surface area contributed by atoms with E-state index in [1.807, 2.05) is 23.1 Å². The second-order valence-electron chi connectivity index (χ2n) is 3.39. The second-order valence-corrected chi connectivity index (χ2v) is 6.51. The highest BCUT2D eigenvalue weighted by Gasteiger charge is 2.27. The van der Waals surface area contributed by atoms with Gasteiger partial charge in [-0.15, -0.1) is 0 Å². The van der Waals surface area contributed by atoms with Crippen molar-refractivity contribution in [1.82, 2.24) is 0 Å². The number of rotatable bonds is 1. The number of hydrogen-bond acceptors (Lipinski definition) is 2. The van der Waals surface area contributed by atoms with E-state index >= 15 is 0 Å². The molecule has 2 heterocycles. The lowest BCUT2D eigenvalue weighted by Crippen LogP contribution is -2.32. The third-order valence-corrected chi connectivity index (χ3v) is 5.25. The lowest BCUT2D eigenvalue weighted by molar-refractivity contribution is -0.706. The molecule has 2 aromatic rings. The van der Waals surface area contributed by atoms with Crippen molar-refractivity contribution in [3.8, 4) is 11.3 Å². The van der Waals surface area contributed by atoms with Crippen LogP contribution in [0.15, 0.2) is 38.5 Å². The van der Waals surface area contributed by atoms with Gasteiger partial charge in [0.1, 0.15) is 0 Å². The zero-order valence-electron chi connectivity index (χ0n) is 7.94. The summed E-state index contributed by atoms with van der Waals surface area (Å²) in [4.78, 5) is 0. The number of benzene rings is 1. The number of fused-ring (bicyclic) bond motifs is 1. The second kappa shape index (κ2) is 3.92. The number of thiazole rings is 1. The minimum atomic E-state index is 1.14. The molecule has 1 aromatic carbocycles. The van der Waals surface area contributed by atoms with Gasteiger partial charge in [0.05, 0.1) is 11.1 Å². The lowest BCUT2D eigenvalue weighted by Gasteiger charge is -1.96. The molecule has 1 nitrogen and oxygen atoms in total. The Labute approximate surface area is 105 Å². The molecule has 76 valence electrons. The number of halogens is 1. The maximum Gasteiger partial charge on any atom is 0.298 e. The Morgan fingerprint density at radius 2 is 2.00 bits per heavy atom. The average molecular weight is 299 g/mol. The molecule has 0 saturated heterocycles. The lowest BCUT2D eigenvalue weighted by atomic mass is 10.2. The summed E-state index contributed by atoms with van der Waals surface area (Å²) in [6, 6.07) is 8.54. The van der Waals surface area contributed by atoms with Gasteiger partial charge in [-0.05, 0) is 36.0 Å². The Bertz CT molecular complexity index is 490. The molecule has 1 aromatic heterocycles. The van der Waals surface area contributed by atoms with E-state index in [1.54, 1.807) is 0 Å². The highest BCUT2D eigenvalue weighted by Crippen LogP contribution is 2.30. The molecular formula is C11H9BrNS2+. The van der Waals surface area contributed by atoms with Gasteiger partial charge in [-0.3, -0.25) is 0 Å². The summed E-state index contributed by atoms with van der Waals surface area (Å²) >= 11 is 7.27. The molecule has 0 spiro atoms. The number of hydrogen-bond donors (Lipinski definition) is 0. The van der Waals surface area contributed by atoms with Gasteiger partial charge in [0, 0.05) is 10.0 Å². The van der Waals surface area contributed by atoms with Crippen LogP contribution in [0.3, 0.4) is 0 Å². The first-order valence-corrected chi connectivity index (χ1v) is 7.40. The van der Waals surface area contributed by atoms with Crippen molar-refractivity contribution >= 4 is 39.0 Å². The van der Waals surface area contributed by atoms with Gasteiger partial charge in [0.2, 0.25) is 5.69 Å². The topological polar surface area (TPSA) is 3.88 Å². The molecule has 15 heavy (non-hydrogen) atoms. The third kappa shape index (κ3) is 1.75. The number of aromatic nitrogens is 1. The first-order valence-electron chi connectivity index (χ1n) is 4.75. The maximum atomic E-state index is 3.46. The van der Waals surface area contributed by atoms with Crippen molar-refractivity contribution in [2.24, 2.45) is 0 Å². The standard InChI is InChI=1S/C11H9BrNS2/c12-9-3-1-8(2-4-9)10-7-15-11-13(10)5-6-14-11/h1-4,7H,5-6H2/q+1. The van der Waals surface area contributed by atoms with E-state index in [9.17, 15) is 0 Å². The Morgan fingerprint density at radius 1 is 1.20 bits per heavy atom. The summed E-state index contributed by atoms with van der Waals surface area (Å²) in [5.41, 5.74) is 2.66. The summed E-state index contributed by atoms with van der Waals surface area (Å²) in [5.74, 6) is 1.22. The van der Waals surface area contributed by atoms with Gasteiger partial charge >= 0.3 is 0 Å². The maximum absolute atomic E-state index is 3.46. The average Bonchev–Trinajstić information content (AvgIpc) is 2.80. The predicted octanol–water partition coefficient (Wildman–Crippen LogP) is 3.57. The Hall–Kier alpha value is -0.320. The summed E-state index contributed by atoms with van der Waals surface area (Å²) in [7, 11) is 0. The largest absolute Gasteiger partial charge is 0.298 e. The van der Waals surface area contributed by atoms with Crippen molar-refractivity contribution in [3.05, 3.63) is 34.1 Å². The molecular weight excluding hydrogens is 290 g/mol. The van der Waals surface area contributed by atoms with E-state index < -0.39 is 0 Å². The fourth-order valence-corrected chi connectivity index (χ4v) is 4.24. The van der Waals surface area contributed by atoms with Gasteiger partial charge in [0.25, 0.3) is 4.34 Å². The summed E-state index contributed by atoms with van der Waals surface area (Å²) in [5, 5.41) is 2.25. The van der Waals surface area contributed by atoms with Crippen LogP contribution in [-0.4, -0.2) is 5.75 Å². The van der Waals surface area contributed by atoms with Gasteiger partial charge in [-0.1, -0.05) is 27.3 Å². The Kier molecular flexibility index (Phi) is 2.58. The van der Waals surface area contributed by atoms with Crippen LogP contribution in [0.1, 0.15) is 0 Å². The fourth-order valence-electron chi connectivity index (χ4n) is 1.72. The highest BCUT2D eigenvalue weighted by molar-refractivity contribution is 9.10. The third-order valence-electron chi connectivity index (χ3n) is 2.46. The van der Waals surface area contributed by atoms with E-state index in [0.29, 0.717) is 0 Å². The van der Waals surface area contributed by atoms with Gasteiger partial charge in [-0.2, -0.15) is 4.57 Å². The zero-order chi connectivity index (χ0) is 10.3. The summed E-state index contributed by atoms with van der Waals surface area (Å²) < 4.78 is 4.99. The van der Waals surface area contributed by atoms with E-state index in [4.69, 9.17) is 0 Å². The van der Waals surface area contributed by atoms with E-state index in [1.165, 1.54) is 21.3 Å². The first-order chi connectivity index (χ1) is 7.34. The summed E-state index contributed by atoms with van der Waals surface area (Å²) in [6.07, 6.45) is 0. The normalized spacial score (nSPS) is 14.2. The van der Waals surface area contributed by atoms with Crippen molar-refractivity contribution in [2.45, 2.75) is 10.9 Å². The van der Waals surface area contributed by atoms with Crippen molar-refractivity contribution < 1.29 is 4.57 Å². The monoisotopic (exact) mass is 298 g/mol. The van der Waals surface area contributed by atoms with Gasteiger partial charge in [-0.25, -0.2) is 0 Å². The highest BCUT2D eigenvalue weighted by atomic mass is 79.9. The van der Waals surface area contributed by atoms with Crippen LogP contribution in [-0.2, 0) is 6.54 Å². The molecule has 4 heteroatoms. The van der Waals surface area contributed by atoms with Crippen molar-refractivity contribution in [1.29, 1.82) is 0 Å². The van der Waals surface area contributed by atoms with E-state index in [2.05, 4.69) is 50.1 Å². The molecule has 0 unspecified atom stereocenters. The summed E-state index contributed by atoms with van der Waals surface area (Å²) in [6.45, 7) is 1.15. The zero-order valence-corrected chi connectivity index (χ0v) is 11.2. The molecule has 1 aliphatic heterocycles. The smallest absolute Gasteiger partial charge is 0.175 e. The first kappa shape index (κ1) is 9.87. The molecule has 0 atom stereocenters. The van der Waals surface area contributed by atoms with Crippen LogP contribution in [0.5, 0.6) is 0 Å². The van der Waals surface area contributed by atoms with Gasteiger partial charge < -0.3 is 0 Å². The van der Waals surface area contributed by atoms with Crippen LogP contribution in [0.25, 0.3) is 11.3 Å². The SMILES string of the molecule is Brc1ccc(-c2csc3[n+]2CCS3)cc1. The van der Waals surface area contributed by atoms with Crippen LogP contribution in [0, 0.1) is 0 Å². The number of nitrogens with zero attached hydrogens (tertiary/aromatic N) is 1. The van der Waals surface area contributed by atoms with Crippen molar-refractivity contribution in [2.75, 3.05) is 5.75 Å². The molecule has 0 N–H and O–H groups in total. The minimum absolute atomic E-state index is 1.14. The molecule has 0 fully saturated rings. The Morgan fingerprint density at radius 3 is 2.80 bits per heavy atom. The van der Waals surface area contributed by atoms with Crippen LogP contribution in [0.2, 0.25) is 0 Å². The van der Waals surface area contributed by atoms with E-state index in [0.717, 1.165) is 11.0 Å². The molecule has 0 bridgehead atoms. The van der Waals surface area contributed by atoms with E-state index in [-0.39, 0.29) is 0 Å². The van der Waals surface area contributed by atoms with Crippen LogP contribution >= 0.6 is 39.0 Å². The number of thioether (sulfide) groups is 1. The fraction of sp³-hybridized carbons (Fsp3) is 0.182. The molecule has 0 saturated carbocycles. The minimum Gasteiger partial charge on any atom is -0.175 e. The van der Waals surface area contributed by atoms with Gasteiger partial charge in [0.15, 0.2) is 6.54 Å². The Balaban J connectivity index is 2.09. The van der Waals surface area contributed by atoms with Crippen LogP contribution < -0.4 is 4.57 Å². The molecule has 0 aliphatic carbocycles.